The molecular weight excluding hydrogens is 240 g/mol. The second kappa shape index (κ2) is 5.80. The zero-order chi connectivity index (χ0) is 14.0. The number of hydrogen-bond donors (Lipinski definition) is 2. The van der Waals surface area contributed by atoms with Crippen LogP contribution in [0.5, 0.6) is 5.75 Å². The number of nitrogens with zero attached hydrogens (tertiary/aromatic N) is 1. The van der Waals surface area contributed by atoms with Gasteiger partial charge in [0.25, 0.3) is 0 Å². The second-order valence-corrected chi connectivity index (χ2v) is 5.46. The fourth-order valence-corrected chi connectivity index (χ4v) is 2.71. The third kappa shape index (κ3) is 2.85. The van der Waals surface area contributed by atoms with Crippen LogP contribution in [0.25, 0.3) is 0 Å². The van der Waals surface area contributed by atoms with Crippen molar-refractivity contribution in [2.75, 3.05) is 25.1 Å². The summed E-state index contributed by atoms with van der Waals surface area (Å²) >= 11 is 0. The molecule has 1 aromatic rings. The maximum absolute atomic E-state index is 10.1. The summed E-state index contributed by atoms with van der Waals surface area (Å²) in [6.45, 7) is 5.67. The molecule has 0 radical (unpaired) electrons. The van der Waals surface area contributed by atoms with Gasteiger partial charge in [-0.3, -0.25) is 0 Å². The van der Waals surface area contributed by atoms with Crippen molar-refractivity contribution in [3.63, 3.8) is 0 Å². The van der Waals surface area contributed by atoms with Gasteiger partial charge in [-0.2, -0.15) is 0 Å². The number of aliphatic hydroxyl groups is 1. The number of ether oxygens (including phenoxy) is 1. The van der Waals surface area contributed by atoms with Gasteiger partial charge in [0.1, 0.15) is 5.75 Å². The van der Waals surface area contributed by atoms with Gasteiger partial charge in [0.15, 0.2) is 0 Å². The molecule has 0 spiro atoms. The van der Waals surface area contributed by atoms with E-state index < -0.39 is 0 Å². The van der Waals surface area contributed by atoms with Crippen molar-refractivity contribution in [2.45, 2.75) is 32.4 Å². The number of aliphatic hydroxyl groups excluding tert-OH is 1. The van der Waals surface area contributed by atoms with Crippen LogP contribution in [0.4, 0.5) is 5.69 Å². The smallest absolute Gasteiger partial charge is 0.125 e. The second-order valence-electron chi connectivity index (χ2n) is 5.46. The predicted octanol–water partition coefficient (Wildman–Crippen LogP) is 1.92. The first-order valence-electron chi connectivity index (χ1n) is 6.90. The Morgan fingerprint density at radius 3 is 2.79 bits per heavy atom. The quantitative estimate of drug-likeness (QED) is 0.875. The normalized spacial score (nSPS) is 25.2. The first kappa shape index (κ1) is 14.2. The summed E-state index contributed by atoms with van der Waals surface area (Å²) < 4.78 is 5.42. The molecular formula is C15H24N2O2. The van der Waals surface area contributed by atoms with Crippen LogP contribution in [0, 0.1) is 5.92 Å². The molecule has 0 aromatic heterocycles. The van der Waals surface area contributed by atoms with Crippen molar-refractivity contribution in [1.82, 2.24) is 0 Å². The van der Waals surface area contributed by atoms with Crippen LogP contribution < -0.4 is 15.4 Å². The lowest BCUT2D eigenvalue weighted by molar-refractivity contribution is 0.103. The Morgan fingerprint density at radius 1 is 1.47 bits per heavy atom. The summed E-state index contributed by atoms with van der Waals surface area (Å²) in [7, 11) is 1.66. The average molecular weight is 264 g/mol. The number of piperidine rings is 1. The maximum Gasteiger partial charge on any atom is 0.125 e. The Bertz CT molecular complexity index is 434. The molecule has 0 bridgehead atoms. The predicted molar refractivity (Wildman–Crippen MR) is 77.6 cm³/mol. The van der Waals surface area contributed by atoms with E-state index in [-0.39, 0.29) is 12.1 Å². The van der Waals surface area contributed by atoms with E-state index in [0.717, 1.165) is 30.0 Å². The lowest BCUT2D eigenvalue weighted by atomic mass is 9.94. The van der Waals surface area contributed by atoms with Crippen molar-refractivity contribution < 1.29 is 9.84 Å². The lowest BCUT2D eigenvalue weighted by Crippen LogP contribution is -2.43. The zero-order valence-corrected chi connectivity index (χ0v) is 12.0. The van der Waals surface area contributed by atoms with Gasteiger partial charge < -0.3 is 20.5 Å². The minimum atomic E-state index is -0.277. The van der Waals surface area contributed by atoms with Gasteiger partial charge in [0, 0.05) is 30.4 Å². The molecule has 19 heavy (non-hydrogen) atoms. The fraction of sp³-hybridized carbons (Fsp3) is 0.600. The van der Waals surface area contributed by atoms with E-state index in [1.165, 1.54) is 0 Å². The number of methoxy groups -OCH3 is 1. The van der Waals surface area contributed by atoms with E-state index in [1.807, 2.05) is 19.1 Å². The molecule has 1 aliphatic rings. The van der Waals surface area contributed by atoms with Crippen LogP contribution in [-0.2, 0) is 0 Å². The highest BCUT2D eigenvalue weighted by molar-refractivity contribution is 5.61. The Labute approximate surface area is 115 Å². The van der Waals surface area contributed by atoms with Gasteiger partial charge >= 0.3 is 0 Å². The van der Waals surface area contributed by atoms with E-state index in [0.29, 0.717) is 12.5 Å². The average Bonchev–Trinajstić information content (AvgIpc) is 2.40. The minimum absolute atomic E-state index is 0.0948. The SMILES string of the molecule is COc1cccc(N2CCC(C)C(O)C2)c1[C@@H](C)N. The van der Waals surface area contributed by atoms with Gasteiger partial charge in [0.2, 0.25) is 0 Å². The minimum Gasteiger partial charge on any atom is -0.496 e. The first-order valence-corrected chi connectivity index (χ1v) is 6.90. The highest BCUT2D eigenvalue weighted by Gasteiger charge is 2.27. The highest BCUT2D eigenvalue weighted by atomic mass is 16.5. The van der Waals surface area contributed by atoms with Crippen LogP contribution in [0.15, 0.2) is 18.2 Å². The molecule has 2 unspecified atom stereocenters. The van der Waals surface area contributed by atoms with Crippen LogP contribution >= 0.6 is 0 Å². The van der Waals surface area contributed by atoms with Crippen molar-refractivity contribution >= 4 is 5.69 Å². The molecule has 1 heterocycles. The molecule has 0 amide bonds. The molecule has 1 saturated heterocycles. The molecule has 3 atom stereocenters. The van der Waals surface area contributed by atoms with Crippen LogP contribution in [0.3, 0.4) is 0 Å². The van der Waals surface area contributed by atoms with Gasteiger partial charge in [-0.15, -0.1) is 0 Å². The Kier molecular flexibility index (Phi) is 4.32. The number of nitrogens with two attached hydrogens (primary N) is 1. The van der Waals surface area contributed by atoms with E-state index in [1.54, 1.807) is 7.11 Å². The molecule has 1 aliphatic heterocycles. The third-order valence-corrected chi connectivity index (χ3v) is 3.98. The fourth-order valence-electron chi connectivity index (χ4n) is 2.71. The van der Waals surface area contributed by atoms with Gasteiger partial charge in [-0.05, 0) is 31.4 Å². The van der Waals surface area contributed by atoms with Crippen molar-refractivity contribution in [2.24, 2.45) is 11.7 Å². The number of β-amino-alcohol motifs (C(OH)–C–C–N with tert-alkyl or cyclic N) is 1. The van der Waals surface area contributed by atoms with Crippen LogP contribution in [0.1, 0.15) is 31.9 Å². The summed E-state index contributed by atoms with van der Waals surface area (Å²) in [5, 5.41) is 10.1. The number of hydrogen-bond acceptors (Lipinski definition) is 4. The Balaban J connectivity index is 2.34. The van der Waals surface area contributed by atoms with E-state index in [9.17, 15) is 5.11 Å². The van der Waals surface area contributed by atoms with Gasteiger partial charge in [0.05, 0.1) is 13.2 Å². The molecule has 4 nitrogen and oxygen atoms in total. The molecule has 0 saturated carbocycles. The zero-order valence-electron chi connectivity index (χ0n) is 12.0. The molecule has 2 rings (SSSR count). The summed E-state index contributed by atoms with van der Waals surface area (Å²) in [4.78, 5) is 2.21. The van der Waals surface area contributed by atoms with E-state index in [4.69, 9.17) is 10.5 Å². The third-order valence-electron chi connectivity index (χ3n) is 3.98. The van der Waals surface area contributed by atoms with Gasteiger partial charge in [-0.1, -0.05) is 13.0 Å². The van der Waals surface area contributed by atoms with Gasteiger partial charge in [-0.25, -0.2) is 0 Å². The van der Waals surface area contributed by atoms with Crippen molar-refractivity contribution in [3.05, 3.63) is 23.8 Å². The molecule has 1 fully saturated rings. The molecule has 106 valence electrons. The summed E-state index contributed by atoms with van der Waals surface area (Å²) in [5.41, 5.74) is 8.19. The largest absolute Gasteiger partial charge is 0.496 e. The first-order chi connectivity index (χ1) is 9.04. The lowest BCUT2D eigenvalue weighted by Gasteiger charge is -2.37. The standard InChI is InChI=1S/C15H24N2O2/c1-10-7-8-17(9-13(10)18)12-5-4-6-14(19-3)15(12)11(2)16/h4-6,10-11,13,18H,7-9,16H2,1-3H3/t10?,11-,13?/m1/s1. The number of anilines is 1. The number of rotatable bonds is 3. The highest BCUT2D eigenvalue weighted by Crippen LogP contribution is 2.35. The molecule has 0 aliphatic carbocycles. The molecule has 3 N–H and O–H groups in total. The van der Waals surface area contributed by atoms with Crippen LogP contribution in [-0.4, -0.2) is 31.4 Å². The van der Waals surface area contributed by atoms with E-state index in [2.05, 4.69) is 17.9 Å². The van der Waals surface area contributed by atoms with E-state index >= 15 is 0 Å². The van der Waals surface area contributed by atoms with Crippen molar-refractivity contribution in [3.8, 4) is 5.75 Å². The maximum atomic E-state index is 10.1. The topological polar surface area (TPSA) is 58.7 Å². The Morgan fingerprint density at radius 2 is 2.21 bits per heavy atom. The summed E-state index contributed by atoms with van der Waals surface area (Å²) in [5.74, 6) is 1.18. The monoisotopic (exact) mass is 264 g/mol. The van der Waals surface area contributed by atoms with Crippen molar-refractivity contribution in [1.29, 1.82) is 0 Å². The summed E-state index contributed by atoms with van der Waals surface area (Å²) in [6, 6.07) is 5.88. The summed E-state index contributed by atoms with van der Waals surface area (Å²) in [6.07, 6.45) is 0.720. The molecule has 4 heteroatoms. The molecule has 1 aromatic carbocycles. The Hall–Kier alpha value is -1.26. The number of benzene rings is 1. The van der Waals surface area contributed by atoms with Crippen LogP contribution in [0.2, 0.25) is 0 Å².